The second-order valence-corrected chi connectivity index (χ2v) is 3.53. The summed E-state index contributed by atoms with van der Waals surface area (Å²) >= 11 is 0. The minimum absolute atomic E-state index is 0.262. The quantitative estimate of drug-likeness (QED) is 0.573. The first-order chi connectivity index (χ1) is 7.68. The molecule has 0 unspecified atom stereocenters. The molecule has 0 N–H and O–H groups in total. The van der Waals surface area contributed by atoms with Crippen molar-refractivity contribution in [3.8, 4) is 0 Å². The normalized spacial score (nSPS) is 16.2. The molecule has 16 heavy (non-hydrogen) atoms. The van der Waals surface area contributed by atoms with Crippen LogP contribution in [0.1, 0.15) is 12.8 Å². The molecular formula is C10H11FN2O3. The van der Waals surface area contributed by atoms with E-state index in [-0.39, 0.29) is 5.69 Å². The van der Waals surface area contributed by atoms with Gasteiger partial charge in [0.2, 0.25) is 0 Å². The molecule has 0 aromatic heterocycles. The van der Waals surface area contributed by atoms with E-state index in [1.165, 1.54) is 17.2 Å². The summed E-state index contributed by atoms with van der Waals surface area (Å²) < 4.78 is 12.9. The maximum Gasteiger partial charge on any atom is 0.297 e. The molecule has 0 atom stereocenters. The molecule has 0 amide bonds. The molecule has 0 radical (unpaired) electrons. The third kappa shape index (κ3) is 2.11. The van der Waals surface area contributed by atoms with E-state index in [0.717, 1.165) is 18.9 Å². The Morgan fingerprint density at radius 2 is 2.25 bits per heavy atom. The molecule has 0 aliphatic carbocycles. The summed E-state index contributed by atoms with van der Waals surface area (Å²) in [4.78, 5) is 15.5. The van der Waals surface area contributed by atoms with E-state index in [1.54, 1.807) is 0 Å². The van der Waals surface area contributed by atoms with Crippen LogP contribution >= 0.6 is 0 Å². The van der Waals surface area contributed by atoms with E-state index >= 15 is 0 Å². The Labute approximate surface area is 91.5 Å². The van der Waals surface area contributed by atoms with E-state index in [4.69, 9.17) is 4.84 Å². The Hall–Kier alpha value is -1.69. The summed E-state index contributed by atoms with van der Waals surface area (Å²) in [6.07, 6.45) is 1.85. The lowest BCUT2D eigenvalue weighted by atomic mass is 10.2. The Kier molecular flexibility index (Phi) is 3.00. The molecule has 1 fully saturated rings. The van der Waals surface area contributed by atoms with Crippen LogP contribution in [0.3, 0.4) is 0 Å². The number of hydrogen-bond donors (Lipinski definition) is 0. The number of hydroxylamine groups is 1. The average Bonchev–Trinajstić information content (AvgIpc) is 2.30. The highest BCUT2D eigenvalue weighted by molar-refractivity contribution is 5.61. The van der Waals surface area contributed by atoms with Crippen molar-refractivity contribution in [2.75, 3.05) is 18.2 Å². The van der Waals surface area contributed by atoms with Crippen molar-refractivity contribution in [1.29, 1.82) is 0 Å². The van der Waals surface area contributed by atoms with Crippen LogP contribution in [0.25, 0.3) is 0 Å². The lowest BCUT2D eigenvalue weighted by molar-refractivity contribution is -0.384. The van der Waals surface area contributed by atoms with Gasteiger partial charge >= 0.3 is 0 Å². The second kappa shape index (κ2) is 4.44. The molecule has 0 saturated carbocycles. The Morgan fingerprint density at radius 1 is 1.44 bits per heavy atom. The first kappa shape index (κ1) is 10.8. The van der Waals surface area contributed by atoms with Gasteiger partial charge in [0, 0.05) is 6.54 Å². The summed E-state index contributed by atoms with van der Waals surface area (Å²) in [5.41, 5.74) is 0.0491. The Morgan fingerprint density at radius 3 is 2.88 bits per heavy atom. The molecule has 1 aromatic carbocycles. The minimum atomic E-state index is -0.618. The zero-order chi connectivity index (χ0) is 11.5. The van der Waals surface area contributed by atoms with Crippen LogP contribution in [0.15, 0.2) is 18.2 Å². The summed E-state index contributed by atoms with van der Waals surface area (Å²) in [6.45, 7) is 1.13. The number of halogens is 1. The SMILES string of the molecule is O=[N+]([O-])c1cc(F)ccc1N1CCCCO1. The molecule has 2 rings (SSSR count). The van der Waals surface area contributed by atoms with Gasteiger partial charge in [0.15, 0.2) is 0 Å². The van der Waals surface area contributed by atoms with Gasteiger partial charge in [-0.05, 0) is 25.0 Å². The molecule has 1 aromatic rings. The molecule has 0 spiro atoms. The van der Waals surface area contributed by atoms with Crippen molar-refractivity contribution in [2.24, 2.45) is 0 Å². The van der Waals surface area contributed by atoms with Gasteiger partial charge in [0.05, 0.1) is 17.6 Å². The maximum absolute atomic E-state index is 12.9. The van der Waals surface area contributed by atoms with Gasteiger partial charge in [0.1, 0.15) is 11.5 Å². The molecule has 0 bridgehead atoms. The number of nitro groups is 1. The highest BCUT2D eigenvalue weighted by Gasteiger charge is 2.22. The van der Waals surface area contributed by atoms with Crippen molar-refractivity contribution in [3.05, 3.63) is 34.1 Å². The number of rotatable bonds is 2. The molecule has 6 heteroatoms. The number of nitrogens with zero attached hydrogens (tertiary/aromatic N) is 2. The number of benzene rings is 1. The fourth-order valence-electron chi connectivity index (χ4n) is 1.64. The van der Waals surface area contributed by atoms with Gasteiger partial charge in [-0.3, -0.25) is 15.0 Å². The van der Waals surface area contributed by atoms with Gasteiger partial charge in [-0.1, -0.05) is 0 Å². The number of hydrogen-bond acceptors (Lipinski definition) is 4. The summed E-state index contributed by atoms with van der Waals surface area (Å²) in [5, 5.41) is 12.2. The second-order valence-electron chi connectivity index (χ2n) is 3.53. The van der Waals surface area contributed by atoms with E-state index in [2.05, 4.69) is 0 Å². The predicted molar refractivity (Wildman–Crippen MR) is 55.6 cm³/mol. The third-order valence-electron chi connectivity index (χ3n) is 2.41. The highest BCUT2D eigenvalue weighted by atomic mass is 19.1. The monoisotopic (exact) mass is 226 g/mol. The number of nitro benzene ring substituents is 1. The van der Waals surface area contributed by atoms with Gasteiger partial charge in [-0.2, -0.15) is 0 Å². The van der Waals surface area contributed by atoms with Gasteiger partial charge in [-0.25, -0.2) is 9.45 Å². The topological polar surface area (TPSA) is 55.6 Å². The first-order valence-corrected chi connectivity index (χ1v) is 5.03. The van der Waals surface area contributed by atoms with E-state index < -0.39 is 10.7 Å². The van der Waals surface area contributed by atoms with Gasteiger partial charge < -0.3 is 0 Å². The van der Waals surface area contributed by atoms with Crippen molar-refractivity contribution in [2.45, 2.75) is 12.8 Å². The molecule has 1 aliphatic heterocycles. The molecule has 1 saturated heterocycles. The van der Waals surface area contributed by atoms with Crippen LogP contribution in [0, 0.1) is 15.9 Å². The van der Waals surface area contributed by atoms with Crippen LogP contribution in [0.4, 0.5) is 15.8 Å². The molecule has 5 nitrogen and oxygen atoms in total. The van der Waals surface area contributed by atoms with Crippen LogP contribution in [-0.4, -0.2) is 18.1 Å². The smallest absolute Gasteiger partial charge is 0.273 e. The van der Waals surface area contributed by atoms with Crippen LogP contribution in [0.5, 0.6) is 0 Å². The average molecular weight is 226 g/mol. The van der Waals surface area contributed by atoms with E-state index in [1.807, 2.05) is 0 Å². The Balaban J connectivity index is 2.34. The molecule has 86 valence electrons. The summed E-state index contributed by atoms with van der Waals surface area (Å²) in [6, 6.07) is 3.48. The minimum Gasteiger partial charge on any atom is -0.273 e. The molecular weight excluding hydrogens is 215 g/mol. The van der Waals surface area contributed by atoms with E-state index in [0.29, 0.717) is 18.8 Å². The van der Waals surface area contributed by atoms with E-state index in [9.17, 15) is 14.5 Å². The molecule has 1 heterocycles. The Bertz CT molecular complexity index is 405. The number of anilines is 1. The zero-order valence-electron chi connectivity index (χ0n) is 8.56. The summed E-state index contributed by atoms with van der Waals surface area (Å²) in [5.74, 6) is -0.618. The third-order valence-corrected chi connectivity index (χ3v) is 2.41. The lowest BCUT2D eigenvalue weighted by Crippen LogP contribution is -2.30. The first-order valence-electron chi connectivity index (χ1n) is 5.03. The van der Waals surface area contributed by atoms with Crippen molar-refractivity contribution < 1.29 is 14.2 Å². The lowest BCUT2D eigenvalue weighted by Gasteiger charge is -2.27. The zero-order valence-corrected chi connectivity index (χ0v) is 8.56. The van der Waals surface area contributed by atoms with Crippen molar-refractivity contribution >= 4 is 11.4 Å². The van der Waals surface area contributed by atoms with Gasteiger partial charge in [0.25, 0.3) is 5.69 Å². The maximum atomic E-state index is 12.9. The molecule has 1 aliphatic rings. The summed E-state index contributed by atoms with van der Waals surface area (Å²) in [7, 11) is 0. The fourth-order valence-corrected chi connectivity index (χ4v) is 1.64. The van der Waals surface area contributed by atoms with Crippen LogP contribution in [-0.2, 0) is 4.84 Å². The fraction of sp³-hybridized carbons (Fsp3) is 0.400. The van der Waals surface area contributed by atoms with Crippen LogP contribution in [0.2, 0.25) is 0 Å². The largest absolute Gasteiger partial charge is 0.297 e. The van der Waals surface area contributed by atoms with Crippen molar-refractivity contribution in [3.63, 3.8) is 0 Å². The van der Waals surface area contributed by atoms with Crippen molar-refractivity contribution in [1.82, 2.24) is 0 Å². The predicted octanol–water partition coefficient (Wildman–Crippen LogP) is 2.27. The standard InChI is InChI=1S/C10H11FN2O3/c11-8-3-4-9(10(7-8)13(14)15)12-5-1-2-6-16-12/h3-4,7H,1-2,5-6H2. The van der Waals surface area contributed by atoms with Gasteiger partial charge in [-0.15, -0.1) is 0 Å². The highest BCUT2D eigenvalue weighted by Crippen LogP contribution is 2.30. The van der Waals surface area contributed by atoms with Crippen LogP contribution < -0.4 is 5.06 Å².